The number of hydrogen-bond acceptors (Lipinski definition) is 4. The lowest BCUT2D eigenvalue weighted by molar-refractivity contribution is 0.0925. The van der Waals surface area contributed by atoms with Gasteiger partial charge in [0, 0.05) is 17.6 Å². The summed E-state index contributed by atoms with van der Waals surface area (Å²) in [6.07, 6.45) is 1.80. The molecule has 1 fully saturated rings. The summed E-state index contributed by atoms with van der Waals surface area (Å²) in [6.45, 7) is 2.99. The predicted molar refractivity (Wildman–Crippen MR) is 102 cm³/mol. The molecule has 3 rings (SSSR count). The number of sulfone groups is 1. The van der Waals surface area contributed by atoms with Crippen molar-refractivity contribution in [1.82, 2.24) is 10.6 Å². The Morgan fingerprint density at radius 3 is 2.65 bits per heavy atom. The SMILES string of the molecule is CC1CC(NC(=O)c2cccc(CS(=O)(=O)c3ccccc3)c2)CCN1. The van der Waals surface area contributed by atoms with E-state index in [1.54, 1.807) is 54.6 Å². The van der Waals surface area contributed by atoms with Crippen LogP contribution >= 0.6 is 0 Å². The number of benzene rings is 2. The average molecular weight is 372 g/mol. The third-order valence-corrected chi connectivity index (χ3v) is 6.31. The van der Waals surface area contributed by atoms with E-state index in [-0.39, 0.29) is 17.7 Å². The molecular weight excluding hydrogens is 348 g/mol. The first-order valence-electron chi connectivity index (χ1n) is 8.85. The van der Waals surface area contributed by atoms with Gasteiger partial charge in [0.2, 0.25) is 0 Å². The lowest BCUT2D eigenvalue weighted by atomic mass is 10.00. The molecule has 6 heteroatoms. The quantitative estimate of drug-likeness (QED) is 0.846. The van der Waals surface area contributed by atoms with Crippen molar-refractivity contribution in [3.8, 4) is 0 Å². The fraction of sp³-hybridized carbons (Fsp3) is 0.350. The van der Waals surface area contributed by atoms with E-state index >= 15 is 0 Å². The monoisotopic (exact) mass is 372 g/mol. The second kappa shape index (κ2) is 8.01. The molecule has 26 heavy (non-hydrogen) atoms. The molecule has 1 amide bonds. The van der Waals surface area contributed by atoms with E-state index in [9.17, 15) is 13.2 Å². The van der Waals surface area contributed by atoms with Crippen molar-refractivity contribution in [3.63, 3.8) is 0 Å². The van der Waals surface area contributed by atoms with Crippen LogP contribution in [-0.4, -0.2) is 33.0 Å². The Kier molecular flexibility index (Phi) is 5.74. The summed E-state index contributed by atoms with van der Waals surface area (Å²) in [5.74, 6) is -0.272. The topological polar surface area (TPSA) is 75.3 Å². The summed E-state index contributed by atoms with van der Waals surface area (Å²) in [4.78, 5) is 12.8. The molecule has 2 unspecified atom stereocenters. The number of hydrogen-bond donors (Lipinski definition) is 2. The zero-order chi connectivity index (χ0) is 18.6. The third kappa shape index (κ3) is 4.71. The zero-order valence-corrected chi connectivity index (χ0v) is 15.6. The Hall–Kier alpha value is -2.18. The Bertz CT molecular complexity index is 866. The molecule has 0 bridgehead atoms. The maximum Gasteiger partial charge on any atom is 0.251 e. The van der Waals surface area contributed by atoms with Crippen LogP contribution in [0.5, 0.6) is 0 Å². The second-order valence-corrected chi connectivity index (χ2v) is 8.81. The standard InChI is InChI=1S/C20H24N2O3S/c1-15-12-18(10-11-21-15)22-20(23)17-7-5-6-16(13-17)14-26(24,25)19-8-3-2-4-9-19/h2-9,13,15,18,21H,10-12,14H2,1H3,(H,22,23). The Morgan fingerprint density at radius 1 is 1.15 bits per heavy atom. The number of rotatable bonds is 5. The van der Waals surface area contributed by atoms with E-state index in [4.69, 9.17) is 0 Å². The summed E-state index contributed by atoms with van der Waals surface area (Å²) >= 11 is 0. The minimum absolute atomic E-state index is 0.123. The van der Waals surface area contributed by atoms with Crippen LogP contribution in [0.1, 0.15) is 35.7 Å². The van der Waals surface area contributed by atoms with E-state index in [1.165, 1.54) is 0 Å². The Labute approximate surface area is 154 Å². The van der Waals surface area contributed by atoms with Gasteiger partial charge in [0.25, 0.3) is 5.91 Å². The first kappa shape index (κ1) is 18.6. The first-order chi connectivity index (χ1) is 12.4. The second-order valence-electron chi connectivity index (χ2n) is 6.82. The fourth-order valence-corrected chi connectivity index (χ4v) is 4.62. The van der Waals surface area contributed by atoms with Gasteiger partial charge >= 0.3 is 0 Å². The maximum absolute atomic E-state index is 12.5. The number of carbonyl (C=O) groups excluding carboxylic acids is 1. The van der Waals surface area contributed by atoms with Crippen molar-refractivity contribution in [2.45, 2.75) is 42.5 Å². The summed E-state index contributed by atoms with van der Waals surface area (Å²) < 4.78 is 25.1. The summed E-state index contributed by atoms with van der Waals surface area (Å²) in [5, 5.41) is 6.42. The molecule has 5 nitrogen and oxygen atoms in total. The van der Waals surface area contributed by atoms with Crippen molar-refractivity contribution in [3.05, 3.63) is 65.7 Å². The van der Waals surface area contributed by atoms with Gasteiger partial charge < -0.3 is 10.6 Å². The van der Waals surface area contributed by atoms with Crippen LogP contribution in [0.25, 0.3) is 0 Å². The first-order valence-corrected chi connectivity index (χ1v) is 10.5. The molecule has 1 aliphatic heterocycles. The van der Waals surface area contributed by atoms with Gasteiger partial charge in [-0.1, -0.05) is 30.3 Å². The number of piperidine rings is 1. The highest BCUT2D eigenvalue weighted by Gasteiger charge is 2.21. The van der Waals surface area contributed by atoms with Crippen LogP contribution < -0.4 is 10.6 Å². The van der Waals surface area contributed by atoms with Crippen molar-refractivity contribution < 1.29 is 13.2 Å². The molecule has 0 saturated carbocycles. The van der Waals surface area contributed by atoms with Gasteiger partial charge in [-0.05, 0) is 56.1 Å². The van der Waals surface area contributed by atoms with Crippen LogP contribution in [-0.2, 0) is 15.6 Å². The van der Waals surface area contributed by atoms with Crippen molar-refractivity contribution in [2.75, 3.05) is 6.54 Å². The fourth-order valence-electron chi connectivity index (χ4n) is 3.26. The largest absolute Gasteiger partial charge is 0.349 e. The van der Waals surface area contributed by atoms with Crippen LogP contribution in [0.3, 0.4) is 0 Å². The van der Waals surface area contributed by atoms with Crippen LogP contribution in [0, 0.1) is 0 Å². The van der Waals surface area contributed by atoms with Crippen molar-refractivity contribution in [2.24, 2.45) is 0 Å². The number of amides is 1. The van der Waals surface area contributed by atoms with Crippen molar-refractivity contribution >= 4 is 15.7 Å². The lowest BCUT2D eigenvalue weighted by Gasteiger charge is -2.28. The van der Waals surface area contributed by atoms with Gasteiger partial charge in [0.05, 0.1) is 10.6 Å². The predicted octanol–water partition coefficient (Wildman–Crippen LogP) is 2.53. The summed E-state index contributed by atoms with van der Waals surface area (Å²) in [7, 11) is -3.43. The third-order valence-electron chi connectivity index (χ3n) is 4.61. The molecule has 2 N–H and O–H groups in total. The van der Waals surface area contributed by atoms with Crippen molar-refractivity contribution in [1.29, 1.82) is 0 Å². The van der Waals surface area contributed by atoms with Gasteiger partial charge in [-0.15, -0.1) is 0 Å². The van der Waals surface area contributed by atoms with E-state index in [2.05, 4.69) is 17.6 Å². The molecule has 2 atom stereocenters. The highest BCUT2D eigenvalue weighted by atomic mass is 32.2. The van der Waals surface area contributed by atoms with Gasteiger partial charge in [0.1, 0.15) is 0 Å². The lowest BCUT2D eigenvalue weighted by Crippen LogP contribution is -2.46. The van der Waals surface area contributed by atoms with Crippen LogP contribution in [0.2, 0.25) is 0 Å². The zero-order valence-electron chi connectivity index (χ0n) is 14.8. The maximum atomic E-state index is 12.5. The molecule has 1 heterocycles. The van der Waals surface area contributed by atoms with E-state index in [0.29, 0.717) is 22.1 Å². The minimum atomic E-state index is -3.43. The molecule has 0 aliphatic carbocycles. The van der Waals surface area contributed by atoms with Gasteiger partial charge in [-0.25, -0.2) is 8.42 Å². The van der Waals surface area contributed by atoms with Gasteiger partial charge in [-0.3, -0.25) is 4.79 Å². The normalized spacial score (nSPS) is 20.5. The van der Waals surface area contributed by atoms with E-state index in [0.717, 1.165) is 19.4 Å². The highest BCUT2D eigenvalue weighted by molar-refractivity contribution is 7.90. The molecule has 2 aromatic carbocycles. The van der Waals surface area contributed by atoms with E-state index < -0.39 is 9.84 Å². The van der Waals surface area contributed by atoms with Crippen LogP contribution in [0.15, 0.2) is 59.5 Å². The molecule has 0 radical (unpaired) electrons. The molecule has 0 aromatic heterocycles. The minimum Gasteiger partial charge on any atom is -0.349 e. The Morgan fingerprint density at radius 2 is 1.92 bits per heavy atom. The molecule has 0 spiro atoms. The molecule has 1 aliphatic rings. The molecule has 2 aromatic rings. The average Bonchev–Trinajstić information content (AvgIpc) is 2.62. The smallest absolute Gasteiger partial charge is 0.251 e. The molecule has 1 saturated heterocycles. The number of nitrogens with one attached hydrogen (secondary N) is 2. The molecule has 138 valence electrons. The van der Waals surface area contributed by atoms with Gasteiger partial charge in [0.15, 0.2) is 9.84 Å². The van der Waals surface area contributed by atoms with Gasteiger partial charge in [-0.2, -0.15) is 0 Å². The number of carbonyl (C=O) groups is 1. The van der Waals surface area contributed by atoms with Crippen LogP contribution in [0.4, 0.5) is 0 Å². The molecular formula is C20H24N2O3S. The van der Waals surface area contributed by atoms with E-state index in [1.807, 2.05) is 0 Å². The highest BCUT2D eigenvalue weighted by Crippen LogP contribution is 2.17. The summed E-state index contributed by atoms with van der Waals surface area (Å²) in [6, 6.07) is 15.8. The Balaban J connectivity index is 1.71. The summed E-state index contributed by atoms with van der Waals surface area (Å²) in [5.41, 5.74) is 1.11.